The number of rotatable bonds is 8. The second kappa shape index (κ2) is 9.89. The largest absolute Gasteiger partial charge is 0.325 e. The summed E-state index contributed by atoms with van der Waals surface area (Å²) in [4.78, 5) is 28.2. The quantitative estimate of drug-likeness (QED) is 0.556. The van der Waals surface area contributed by atoms with Crippen molar-refractivity contribution in [1.29, 1.82) is 0 Å². The molecular weight excluding hydrogens is 378 g/mol. The van der Waals surface area contributed by atoms with Crippen LogP contribution in [0.1, 0.15) is 15.9 Å². The molecule has 2 amide bonds. The Morgan fingerprint density at radius 3 is 2.48 bits per heavy atom. The Balaban J connectivity index is 1.41. The summed E-state index contributed by atoms with van der Waals surface area (Å²) >= 11 is 2.97. The van der Waals surface area contributed by atoms with Gasteiger partial charge in [0, 0.05) is 22.8 Å². The van der Waals surface area contributed by atoms with Crippen LogP contribution in [0.25, 0.3) is 0 Å². The summed E-state index contributed by atoms with van der Waals surface area (Å²) in [7, 11) is 0. The van der Waals surface area contributed by atoms with Crippen LogP contribution in [0, 0.1) is 0 Å². The van der Waals surface area contributed by atoms with Gasteiger partial charge in [-0.05, 0) is 42.0 Å². The summed E-state index contributed by atoms with van der Waals surface area (Å²) in [6.45, 7) is 0. The van der Waals surface area contributed by atoms with Crippen molar-refractivity contribution in [2.24, 2.45) is 0 Å². The van der Waals surface area contributed by atoms with Crippen LogP contribution >= 0.6 is 23.1 Å². The molecule has 3 aromatic rings. The summed E-state index contributed by atoms with van der Waals surface area (Å²) in [6.07, 6.45) is 2.58. The van der Waals surface area contributed by atoms with Gasteiger partial charge in [0.1, 0.15) is 0 Å². The first-order valence-corrected chi connectivity index (χ1v) is 10.5. The number of thiazole rings is 1. The van der Waals surface area contributed by atoms with Gasteiger partial charge in [-0.2, -0.15) is 11.8 Å². The minimum absolute atomic E-state index is 0.0481. The molecule has 0 spiro atoms. The molecule has 1 aromatic heterocycles. The zero-order valence-corrected chi connectivity index (χ0v) is 16.2. The third kappa shape index (κ3) is 6.23. The standard InChI is InChI=1S/C20H19N3O2S2/c24-18(14-26-12-10-15-4-2-1-3-5-15)22-17-8-6-16(7-9-17)19(25)23-20-21-11-13-27-20/h1-9,11,13H,10,12,14H2,(H,22,24)(H,21,23,25). The van der Waals surface area contributed by atoms with Crippen LogP contribution in [-0.4, -0.2) is 28.3 Å². The molecule has 0 atom stereocenters. The fourth-order valence-corrected chi connectivity index (χ4v) is 3.66. The summed E-state index contributed by atoms with van der Waals surface area (Å²) in [6, 6.07) is 17.0. The molecule has 3 rings (SSSR count). The lowest BCUT2D eigenvalue weighted by Gasteiger charge is -2.07. The van der Waals surface area contributed by atoms with Gasteiger partial charge >= 0.3 is 0 Å². The van der Waals surface area contributed by atoms with E-state index in [-0.39, 0.29) is 11.8 Å². The SMILES string of the molecule is O=C(CSCCc1ccccc1)Nc1ccc(C(=O)Nc2nccs2)cc1. The number of hydrogen-bond acceptors (Lipinski definition) is 5. The zero-order valence-electron chi connectivity index (χ0n) is 14.6. The van der Waals surface area contributed by atoms with Crippen molar-refractivity contribution >= 4 is 45.7 Å². The van der Waals surface area contributed by atoms with E-state index in [9.17, 15) is 9.59 Å². The van der Waals surface area contributed by atoms with Crippen molar-refractivity contribution in [2.75, 3.05) is 22.1 Å². The first kappa shape index (κ1) is 19.1. The predicted molar refractivity (Wildman–Crippen MR) is 113 cm³/mol. The predicted octanol–water partition coefficient (Wildman–Crippen LogP) is 4.31. The van der Waals surface area contributed by atoms with Crippen LogP contribution in [0.4, 0.5) is 10.8 Å². The van der Waals surface area contributed by atoms with Crippen LogP contribution in [0.2, 0.25) is 0 Å². The van der Waals surface area contributed by atoms with E-state index in [0.29, 0.717) is 22.1 Å². The molecule has 138 valence electrons. The summed E-state index contributed by atoms with van der Waals surface area (Å²) in [5, 5.41) is 7.93. The highest BCUT2D eigenvalue weighted by Gasteiger charge is 2.08. The number of nitrogens with zero attached hydrogens (tertiary/aromatic N) is 1. The Kier molecular flexibility index (Phi) is 7.01. The van der Waals surface area contributed by atoms with Crippen LogP contribution < -0.4 is 10.6 Å². The smallest absolute Gasteiger partial charge is 0.257 e. The van der Waals surface area contributed by atoms with E-state index in [4.69, 9.17) is 0 Å². The molecule has 2 N–H and O–H groups in total. The molecule has 0 bridgehead atoms. The van der Waals surface area contributed by atoms with Gasteiger partial charge in [0.2, 0.25) is 5.91 Å². The number of carbonyl (C=O) groups excluding carboxylic acids is 2. The van der Waals surface area contributed by atoms with Gasteiger partial charge in [-0.3, -0.25) is 14.9 Å². The minimum Gasteiger partial charge on any atom is -0.325 e. The molecule has 0 fully saturated rings. The van der Waals surface area contributed by atoms with Crippen LogP contribution in [0.5, 0.6) is 0 Å². The normalized spacial score (nSPS) is 10.4. The maximum atomic E-state index is 12.1. The third-order valence-electron chi connectivity index (χ3n) is 3.69. The number of carbonyl (C=O) groups is 2. The monoisotopic (exact) mass is 397 g/mol. The Bertz CT molecular complexity index is 866. The average Bonchev–Trinajstić information content (AvgIpc) is 3.20. The molecule has 0 unspecified atom stereocenters. The number of thioether (sulfide) groups is 1. The molecule has 1 heterocycles. The lowest BCUT2D eigenvalue weighted by Crippen LogP contribution is -2.15. The van der Waals surface area contributed by atoms with Crippen molar-refractivity contribution in [3.05, 3.63) is 77.3 Å². The molecule has 27 heavy (non-hydrogen) atoms. The van der Waals surface area contributed by atoms with Crippen molar-refractivity contribution in [3.8, 4) is 0 Å². The number of amides is 2. The van der Waals surface area contributed by atoms with Gasteiger partial charge in [-0.15, -0.1) is 11.3 Å². The van der Waals surface area contributed by atoms with E-state index in [2.05, 4.69) is 27.8 Å². The highest BCUT2D eigenvalue weighted by molar-refractivity contribution is 7.99. The minimum atomic E-state index is -0.223. The summed E-state index contributed by atoms with van der Waals surface area (Å²) < 4.78 is 0. The van der Waals surface area contributed by atoms with E-state index in [1.807, 2.05) is 18.2 Å². The van der Waals surface area contributed by atoms with Crippen molar-refractivity contribution in [1.82, 2.24) is 4.98 Å². The maximum absolute atomic E-state index is 12.1. The molecule has 0 aliphatic rings. The average molecular weight is 398 g/mol. The van der Waals surface area contributed by atoms with Crippen LogP contribution in [0.3, 0.4) is 0 Å². The Morgan fingerprint density at radius 2 is 1.78 bits per heavy atom. The molecule has 5 nitrogen and oxygen atoms in total. The number of hydrogen-bond donors (Lipinski definition) is 2. The molecule has 0 saturated heterocycles. The second-order valence-corrected chi connectivity index (χ2v) is 7.70. The Morgan fingerprint density at radius 1 is 1.00 bits per heavy atom. The Hall–Kier alpha value is -2.64. The highest BCUT2D eigenvalue weighted by Crippen LogP contribution is 2.15. The van der Waals surface area contributed by atoms with E-state index in [1.165, 1.54) is 16.9 Å². The first-order chi connectivity index (χ1) is 13.2. The number of aromatic nitrogens is 1. The van der Waals surface area contributed by atoms with Gasteiger partial charge < -0.3 is 5.32 Å². The van der Waals surface area contributed by atoms with E-state index >= 15 is 0 Å². The summed E-state index contributed by atoms with van der Waals surface area (Å²) in [5.74, 6) is 1.03. The summed E-state index contributed by atoms with van der Waals surface area (Å²) in [5.41, 5.74) is 2.46. The molecule has 0 radical (unpaired) electrons. The van der Waals surface area contributed by atoms with Crippen molar-refractivity contribution < 1.29 is 9.59 Å². The fourth-order valence-electron chi connectivity index (χ4n) is 2.36. The van der Waals surface area contributed by atoms with Crippen LogP contribution in [0.15, 0.2) is 66.2 Å². The van der Waals surface area contributed by atoms with Gasteiger partial charge in [-0.1, -0.05) is 30.3 Å². The van der Waals surface area contributed by atoms with E-state index < -0.39 is 0 Å². The number of anilines is 2. The van der Waals surface area contributed by atoms with Crippen molar-refractivity contribution in [3.63, 3.8) is 0 Å². The second-order valence-electron chi connectivity index (χ2n) is 5.71. The lowest BCUT2D eigenvalue weighted by molar-refractivity contribution is -0.113. The maximum Gasteiger partial charge on any atom is 0.257 e. The van der Waals surface area contributed by atoms with Crippen LogP contribution in [-0.2, 0) is 11.2 Å². The van der Waals surface area contributed by atoms with E-state index in [1.54, 1.807) is 47.6 Å². The van der Waals surface area contributed by atoms with E-state index in [0.717, 1.165) is 12.2 Å². The lowest BCUT2D eigenvalue weighted by atomic mass is 10.2. The molecule has 0 saturated carbocycles. The third-order valence-corrected chi connectivity index (χ3v) is 5.34. The zero-order chi connectivity index (χ0) is 18.9. The van der Waals surface area contributed by atoms with Gasteiger partial charge in [0.05, 0.1) is 5.75 Å². The first-order valence-electron chi connectivity index (χ1n) is 8.43. The molecule has 0 aliphatic heterocycles. The Labute approximate surface area is 166 Å². The molecule has 7 heteroatoms. The fraction of sp³-hybridized carbons (Fsp3) is 0.150. The van der Waals surface area contributed by atoms with Crippen molar-refractivity contribution in [2.45, 2.75) is 6.42 Å². The topological polar surface area (TPSA) is 71.1 Å². The molecule has 0 aliphatic carbocycles. The van der Waals surface area contributed by atoms with Gasteiger partial charge in [0.25, 0.3) is 5.91 Å². The molecule has 2 aromatic carbocycles. The number of benzene rings is 2. The number of aryl methyl sites for hydroxylation is 1. The molecular formula is C20H19N3O2S2. The highest BCUT2D eigenvalue weighted by atomic mass is 32.2. The number of nitrogens with one attached hydrogen (secondary N) is 2. The van der Waals surface area contributed by atoms with Gasteiger partial charge in [0.15, 0.2) is 5.13 Å². The van der Waals surface area contributed by atoms with Gasteiger partial charge in [-0.25, -0.2) is 4.98 Å².